The predicted molar refractivity (Wildman–Crippen MR) is 115 cm³/mol. The lowest BCUT2D eigenvalue weighted by Gasteiger charge is -2.29. The topological polar surface area (TPSA) is 92.3 Å². The van der Waals surface area contributed by atoms with Gasteiger partial charge in [0, 0.05) is 18.3 Å². The highest BCUT2D eigenvalue weighted by Gasteiger charge is 2.24. The lowest BCUT2D eigenvalue weighted by Crippen LogP contribution is -2.39. The van der Waals surface area contributed by atoms with E-state index < -0.39 is 25.7 Å². The van der Waals surface area contributed by atoms with Crippen LogP contribution in [0.4, 0.5) is 10.1 Å². The van der Waals surface area contributed by atoms with Crippen LogP contribution in [0.3, 0.4) is 0 Å². The molecule has 2 aromatic carbocycles. The summed E-state index contributed by atoms with van der Waals surface area (Å²) < 4.78 is 64.4. The third kappa shape index (κ3) is 5.80. The van der Waals surface area contributed by atoms with Gasteiger partial charge < -0.3 is 5.32 Å². The van der Waals surface area contributed by atoms with E-state index in [1.54, 1.807) is 19.1 Å². The molecule has 0 aliphatic heterocycles. The molecular formula is C21H27FN2O4S2. The van der Waals surface area contributed by atoms with Crippen molar-refractivity contribution in [3.05, 3.63) is 54.3 Å². The molecule has 1 fully saturated rings. The van der Waals surface area contributed by atoms with Gasteiger partial charge in [-0.2, -0.15) is 0 Å². The van der Waals surface area contributed by atoms with Crippen molar-refractivity contribution in [3.8, 4) is 0 Å². The largest absolute Gasteiger partial charge is 0.385 e. The van der Waals surface area contributed by atoms with Gasteiger partial charge in [-0.25, -0.2) is 25.9 Å². The minimum absolute atomic E-state index is 0.0159. The minimum Gasteiger partial charge on any atom is -0.385 e. The standard InChI is InChI=1S/C21H27FN2O4S2/c1-2-29(25,26)24-19-7-3-16(4-8-19)15-23-18-9-13-21(14-10-18)30(27,28)20-11-5-17(22)6-12-20/h5-6,9-14,16,19,23-24H,2-4,7-8,15H2,1H3. The van der Waals surface area contributed by atoms with Crippen molar-refractivity contribution in [3.63, 3.8) is 0 Å². The molecule has 9 heteroatoms. The molecule has 1 aliphatic carbocycles. The molecule has 2 N–H and O–H groups in total. The maximum Gasteiger partial charge on any atom is 0.211 e. The lowest BCUT2D eigenvalue weighted by atomic mass is 9.86. The summed E-state index contributed by atoms with van der Waals surface area (Å²) in [5.74, 6) is 0.0572. The summed E-state index contributed by atoms with van der Waals surface area (Å²) in [7, 11) is -6.85. The van der Waals surface area contributed by atoms with Gasteiger partial charge in [0.1, 0.15) is 5.82 Å². The number of benzene rings is 2. The second kappa shape index (κ2) is 9.45. The molecular weight excluding hydrogens is 427 g/mol. The summed E-state index contributed by atoms with van der Waals surface area (Å²) in [6, 6.07) is 11.3. The maximum atomic E-state index is 13.0. The Balaban J connectivity index is 1.53. The lowest BCUT2D eigenvalue weighted by molar-refractivity contribution is 0.324. The average molecular weight is 455 g/mol. The Hall–Kier alpha value is -1.97. The minimum atomic E-state index is -3.68. The van der Waals surface area contributed by atoms with Crippen LogP contribution in [0.2, 0.25) is 0 Å². The molecule has 6 nitrogen and oxygen atoms in total. The van der Waals surface area contributed by atoms with Crippen LogP contribution in [0, 0.1) is 11.7 Å². The van der Waals surface area contributed by atoms with Crippen molar-refractivity contribution in [1.29, 1.82) is 0 Å². The molecule has 0 atom stereocenters. The van der Waals surface area contributed by atoms with Crippen molar-refractivity contribution >= 4 is 25.5 Å². The maximum absolute atomic E-state index is 13.0. The number of sulfone groups is 1. The molecule has 2 aromatic rings. The van der Waals surface area contributed by atoms with Crippen LogP contribution >= 0.6 is 0 Å². The number of rotatable bonds is 8. The molecule has 1 aliphatic rings. The number of nitrogens with one attached hydrogen (secondary N) is 2. The summed E-state index contributed by atoms with van der Waals surface area (Å²) in [5, 5.41) is 3.33. The Kier molecular flexibility index (Phi) is 7.15. The third-order valence-corrected chi connectivity index (χ3v) is 8.69. The van der Waals surface area contributed by atoms with Gasteiger partial charge in [0.15, 0.2) is 0 Å². The molecule has 0 aromatic heterocycles. The molecule has 0 spiro atoms. The van der Waals surface area contributed by atoms with Crippen LogP contribution in [-0.4, -0.2) is 35.2 Å². The van der Waals surface area contributed by atoms with Gasteiger partial charge in [-0.3, -0.25) is 0 Å². The van der Waals surface area contributed by atoms with Crippen LogP contribution in [0.25, 0.3) is 0 Å². The van der Waals surface area contributed by atoms with Gasteiger partial charge in [0.2, 0.25) is 19.9 Å². The highest BCUT2D eigenvalue weighted by molar-refractivity contribution is 7.91. The fourth-order valence-corrected chi connectivity index (χ4v) is 5.76. The molecule has 0 radical (unpaired) electrons. The van der Waals surface area contributed by atoms with E-state index in [1.165, 1.54) is 24.3 Å². The van der Waals surface area contributed by atoms with Crippen molar-refractivity contribution in [1.82, 2.24) is 4.72 Å². The zero-order valence-electron chi connectivity index (χ0n) is 16.8. The van der Waals surface area contributed by atoms with E-state index in [2.05, 4.69) is 10.0 Å². The molecule has 3 rings (SSSR count). The third-order valence-electron chi connectivity index (χ3n) is 5.46. The summed E-state index contributed by atoms with van der Waals surface area (Å²) in [6.45, 7) is 2.38. The Morgan fingerprint density at radius 1 is 0.867 bits per heavy atom. The average Bonchev–Trinajstić information content (AvgIpc) is 2.74. The summed E-state index contributed by atoms with van der Waals surface area (Å²) in [6.07, 6.45) is 3.50. The quantitative estimate of drug-likeness (QED) is 0.595. The number of hydrogen-bond acceptors (Lipinski definition) is 5. The van der Waals surface area contributed by atoms with E-state index in [0.29, 0.717) is 5.92 Å². The van der Waals surface area contributed by atoms with E-state index in [4.69, 9.17) is 0 Å². The zero-order valence-corrected chi connectivity index (χ0v) is 18.5. The molecule has 0 amide bonds. The number of halogens is 1. The van der Waals surface area contributed by atoms with E-state index in [1.807, 2.05) is 0 Å². The van der Waals surface area contributed by atoms with Gasteiger partial charge in [0.05, 0.1) is 15.5 Å². The second-order valence-corrected chi connectivity index (χ2v) is 11.6. The highest BCUT2D eigenvalue weighted by Crippen LogP contribution is 2.26. The van der Waals surface area contributed by atoms with E-state index >= 15 is 0 Å². The predicted octanol–water partition coefficient (Wildman–Crippen LogP) is 3.57. The van der Waals surface area contributed by atoms with Gasteiger partial charge in [-0.05, 0) is 87.1 Å². The molecule has 0 unspecified atom stereocenters. The van der Waals surface area contributed by atoms with Crippen LogP contribution in [0.5, 0.6) is 0 Å². The van der Waals surface area contributed by atoms with Gasteiger partial charge in [-0.15, -0.1) is 0 Å². The first kappa shape index (κ1) is 22.7. The fraction of sp³-hybridized carbons (Fsp3) is 0.429. The molecule has 30 heavy (non-hydrogen) atoms. The second-order valence-electron chi connectivity index (χ2n) is 7.60. The van der Waals surface area contributed by atoms with Crippen molar-refractivity contribution in [2.45, 2.75) is 48.4 Å². The van der Waals surface area contributed by atoms with Crippen LogP contribution in [-0.2, 0) is 19.9 Å². The summed E-state index contributed by atoms with van der Waals surface area (Å²) in [5.41, 5.74) is 0.821. The molecule has 0 saturated heterocycles. The molecule has 0 heterocycles. The Bertz CT molecular complexity index is 1050. The van der Waals surface area contributed by atoms with Crippen molar-refractivity contribution < 1.29 is 21.2 Å². The van der Waals surface area contributed by atoms with E-state index in [0.717, 1.165) is 50.0 Å². The zero-order chi connectivity index (χ0) is 21.8. The number of anilines is 1. The SMILES string of the molecule is CCS(=O)(=O)NC1CCC(CNc2ccc(S(=O)(=O)c3ccc(F)cc3)cc2)CC1. The molecule has 0 bridgehead atoms. The van der Waals surface area contributed by atoms with Gasteiger partial charge >= 0.3 is 0 Å². The van der Waals surface area contributed by atoms with E-state index in [9.17, 15) is 21.2 Å². The van der Waals surface area contributed by atoms with Crippen LogP contribution in [0.1, 0.15) is 32.6 Å². The summed E-state index contributed by atoms with van der Waals surface area (Å²) >= 11 is 0. The normalized spacial score (nSPS) is 20.1. The summed E-state index contributed by atoms with van der Waals surface area (Å²) in [4.78, 5) is 0.212. The van der Waals surface area contributed by atoms with Crippen LogP contribution < -0.4 is 10.0 Å². The first-order valence-electron chi connectivity index (χ1n) is 10.0. The Morgan fingerprint density at radius 3 is 1.93 bits per heavy atom. The van der Waals surface area contributed by atoms with Gasteiger partial charge in [0.25, 0.3) is 0 Å². The van der Waals surface area contributed by atoms with Gasteiger partial charge in [-0.1, -0.05) is 0 Å². The monoisotopic (exact) mass is 454 g/mol. The first-order chi connectivity index (χ1) is 14.2. The Morgan fingerprint density at radius 2 is 1.40 bits per heavy atom. The number of hydrogen-bond donors (Lipinski definition) is 2. The van der Waals surface area contributed by atoms with E-state index in [-0.39, 0.29) is 21.6 Å². The molecule has 164 valence electrons. The highest BCUT2D eigenvalue weighted by atomic mass is 32.2. The Labute approximate surface area is 177 Å². The first-order valence-corrected chi connectivity index (χ1v) is 13.2. The molecule has 1 saturated carbocycles. The van der Waals surface area contributed by atoms with Crippen LogP contribution in [0.15, 0.2) is 58.3 Å². The van der Waals surface area contributed by atoms with Crippen molar-refractivity contribution in [2.75, 3.05) is 17.6 Å². The van der Waals surface area contributed by atoms with Crippen molar-refractivity contribution in [2.24, 2.45) is 5.92 Å². The smallest absolute Gasteiger partial charge is 0.211 e. The number of sulfonamides is 1. The fourth-order valence-electron chi connectivity index (χ4n) is 3.59.